The fourth-order valence-electron chi connectivity index (χ4n) is 4.04. The number of rotatable bonds is 2. The van der Waals surface area contributed by atoms with E-state index < -0.39 is 12.1 Å². The number of halogens is 3. The number of aliphatic carboxylic acids is 1. The second-order valence-electron chi connectivity index (χ2n) is 7.64. The number of anilines is 1. The average molecular weight is 399 g/mol. The Morgan fingerprint density at radius 1 is 1.11 bits per heavy atom. The smallest absolute Gasteiger partial charge is 0.475 e. The molecule has 28 heavy (non-hydrogen) atoms. The first-order chi connectivity index (χ1) is 13.3. The van der Waals surface area contributed by atoms with Crippen LogP contribution in [0, 0.1) is 17.8 Å². The zero-order valence-corrected chi connectivity index (χ0v) is 15.4. The van der Waals surface area contributed by atoms with Gasteiger partial charge in [-0.2, -0.15) is 13.2 Å². The van der Waals surface area contributed by atoms with E-state index in [1.807, 2.05) is 18.5 Å². The molecule has 2 saturated heterocycles. The SMILES string of the molecule is O=C(C1CCC1)N1C[C@@H]2CCN(c3cccnc3)C[C@@H]2C1.O=C(O)C(F)(F)F. The third-order valence-corrected chi connectivity index (χ3v) is 5.82. The zero-order chi connectivity index (χ0) is 20.3. The average Bonchev–Trinajstić information content (AvgIpc) is 3.04. The van der Waals surface area contributed by atoms with Gasteiger partial charge in [-0.1, -0.05) is 6.42 Å². The van der Waals surface area contributed by atoms with Gasteiger partial charge in [-0.3, -0.25) is 9.78 Å². The number of nitrogens with zero attached hydrogens (tertiary/aromatic N) is 3. The number of likely N-dealkylation sites (tertiary alicyclic amines) is 1. The molecular formula is C19H24F3N3O3. The Kier molecular flexibility index (Phi) is 6.10. The van der Waals surface area contributed by atoms with Crippen molar-refractivity contribution in [3.63, 3.8) is 0 Å². The van der Waals surface area contributed by atoms with Gasteiger partial charge < -0.3 is 14.9 Å². The largest absolute Gasteiger partial charge is 0.490 e. The van der Waals surface area contributed by atoms with Crippen LogP contribution >= 0.6 is 0 Å². The summed E-state index contributed by atoms with van der Waals surface area (Å²) in [4.78, 5) is 30.1. The van der Waals surface area contributed by atoms with Crippen molar-refractivity contribution >= 4 is 17.6 Å². The summed E-state index contributed by atoms with van der Waals surface area (Å²) in [6.07, 6.45) is 3.37. The molecule has 0 unspecified atom stereocenters. The standard InChI is InChI=1S/C17H23N3O.C2HF3O2/c21-17(13-3-1-4-13)20-10-14-6-8-19(11-15(14)12-20)16-5-2-7-18-9-16;3-2(4,5)1(6)7/h2,5,7,9,13-15H,1,3-4,6,8,10-12H2;(H,6,7)/t14-,15+;/m0./s1. The molecule has 3 aliphatic rings. The Morgan fingerprint density at radius 2 is 1.79 bits per heavy atom. The van der Waals surface area contributed by atoms with E-state index in [4.69, 9.17) is 9.90 Å². The van der Waals surface area contributed by atoms with E-state index in [0.717, 1.165) is 39.0 Å². The number of carbonyl (C=O) groups excluding carboxylic acids is 1. The van der Waals surface area contributed by atoms with Crippen molar-refractivity contribution in [3.05, 3.63) is 24.5 Å². The molecular weight excluding hydrogens is 375 g/mol. The fourth-order valence-corrected chi connectivity index (χ4v) is 4.04. The van der Waals surface area contributed by atoms with Crippen molar-refractivity contribution < 1.29 is 27.9 Å². The molecule has 1 amide bonds. The van der Waals surface area contributed by atoms with Gasteiger partial charge in [-0.25, -0.2) is 4.79 Å². The van der Waals surface area contributed by atoms with Crippen LogP contribution in [0.1, 0.15) is 25.7 Å². The van der Waals surface area contributed by atoms with E-state index in [2.05, 4.69) is 20.9 Å². The van der Waals surface area contributed by atoms with Gasteiger partial charge in [0.25, 0.3) is 0 Å². The predicted molar refractivity (Wildman–Crippen MR) is 95.7 cm³/mol. The Labute approximate surface area is 161 Å². The Bertz CT molecular complexity index is 695. The molecule has 2 atom stereocenters. The van der Waals surface area contributed by atoms with Crippen LogP contribution in [0.2, 0.25) is 0 Å². The molecule has 1 saturated carbocycles. The number of hydrogen-bond acceptors (Lipinski definition) is 4. The lowest BCUT2D eigenvalue weighted by Gasteiger charge is -2.35. The van der Waals surface area contributed by atoms with Crippen molar-refractivity contribution in [2.24, 2.45) is 17.8 Å². The van der Waals surface area contributed by atoms with Gasteiger partial charge in [-0.15, -0.1) is 0 Å². The molecule has 9 heteroatoms. The molecule has 154 valence electrons. The van der Waals surface area contributed by atoms with E-state index in [1.54, 1.807) is 0 Å². The molecule has 2 aliphatic heterocycles. The highest BCUT2D eigenvalue weighted by molar-refractivity contribution is 5.80. The molecule has 3 fully saturated rings. The molecule has 4 rings (SSSR count). The number of pyridine rings is 1. The molecule has 0 aromatic carbocycles. The van der Waals surface area contributed by atoms with Gasteiger partial charge in [0.2, 0.25) is 5.91 Å². The van der Waals surface area contributed by atoms with Crippen molar-refractivity contribution in [1.29, 1.82) is 0 Å². The van der Waals surface area contributed by atoms with Crippen LogP contribution in [-0.2, 0) is 9.59 Å². The number of fused-ring (bicyclic) bond motifs is 1. The second kappa shape index (κ2) is 8.36. The molecule has 6 nitrogen and oxygen atoms in total. The molecule has 3 heterocycles. The summed E-state index contributed by atoms with van der Waals surface area (Å²) >= 11 is 0. The Balaban J connectivity index is 0.000000279. The third-order valence-electron chi connectivity index (χ3n) is 5.82. The molecule has 0 bridgehead atoms. The summed E-state index contributed by atoms with van der Waals surface area (Å²) in [5.41, 5.74) is 1.22. The number of alkyl halides is 3. The van der Waals surface area contributed by atoms with E-state index in [1.165, 1.54) is 18.5 Å². The quantitative estimate of drug-likeness (QED) is 0.828. The monoisotopic (exact) mass is 399 g/mol. The first-order valence-corrected chi connectivity index (χ1v) is 9.49. The summed E-state index contributed by atoms with van der Waals surface area (Å²) in [5, 5.41) is 7.12. The van der Waals surface area contributed by atoms with Crippen LogP contribution < -0.4 is 4.90 Å². The highest BCUT2D eigenvalue weighted by atomic mass is 19.4. The lowest BCUT2D eigenvalue weighted by molar-refractivity contribution is -0.192. The Morgan fingerprint density at radius 3 is 2.32 bits per heavy atom. The van der Waals surface area contributed by atoms with Crippen molar-refractivity contribution in [1.82, 2.24) is 9.88 Å². The number of hydrogen-bond donors (Lipinski definition) is 1. The highest BCUT2D eigenvalue weighted by Crippen LogP contribution is 2.36. The van der Waals surface area contributed by atoms with Crippen LogP contribution in [0.5, 0.6) is 0 Å². The van der Waals surface area contributed by atoms with Gasteiger partial charge in [0.05, 0.1) is 11.9 Å². The summed E-state index contributed by atoms with van der Waals surface area (Å²) in [6.45, 7) is 4.14. The lowest BCUT2D eigenvalue weighted by atomic mass is 9.84. The van der Waals surface area contributed by atoms with E-state index in [-0.39, 0.29) is 0 Å². The maximum atomic E-state index is 12.4. The third kappa shape index (κ3) is 4.74. The first kappa shape index (κ1) is 20.4. The van der Waals surface area contributed by atoms with Crippen LogP contribution in [0.15, 0.2) is 24.5 Å². The van der Waals surface area contributed by atoms with Crippen LogP contribution in [0.4, 0.5) is 18.9 Å². The highest BCUT2D eigenvalue weighted by Gasteiger charge is 2.41. The summed E-state index contributed by atoms with van der Waals surface area (Å²) in [6, 6.07) is 4.14. The summed E-state index contributed by atoms with van der Waals surface area (Å²) in [5.74, 6) is -0.624. The minimum Gasteiger partial charge on any atom is -0.475 e. The number of carboxylic acid groups (broad SMARTS) is 1. The molecule has 1 aliphatic carbocycles. The number of amides is 1. The van der Waals surface area contributed by atoms with Crippen LogP contribution in [0.25, 0.3) is 0 Å². The Hall–Kier alpha value is -2.32. The minimum atomic E-state index is -5.08. The lowest BCUT2D eigenvalue weighted by Crippen LogP contribution is -2.40. The number of carboxylic acids is 1. The fraction of sp³-hybridized carbons (Fsp3) is 0.632. The molecule has 0 radical (unpaired) electrons. The maximum Gasteiger partial charge on any atom is 0.490 e. The van der Waals surface area contributed by atoms with Gasteiger partial charge in [0.1, 0.15) is 0 Å². The molecule has 1 aromatic heterocycles. The predicted octanol–water partition coefficient (Wildman–Crippen LogP) is 2.80. The van der Waals surface area contributed by atoms with Crippen molar-refractivity contribution in [2.75, 3.05) is 31.1 Å². The number of piperidine rings is 1. The zero-order valence-electron chi connectivity index (χ0n) is 15.4. The molecule has 0 spiro atoms. The topological polar surface area (TPSA) is 73.7 Å². The number of carbonyl (C=O) groups is 2. The van der Waals surface area contributed by atoms with Crippen LogP contribution in [-0.4, -0.2) is 59.2 Å². The second-order valence-corrected chi connectivity index (χ2v) is 7.64. The van der Waals surface area contributed by atoms with E-state index >= 15 is 0 Å². The minimum absolute atomic E-state index is 0.347. The summed E-state index contributed by atoms with van der Waals surface area (Å²) < 4.78 is 31.7. The maximum absolute atomic E-state index is 12.4. The van der Waals surface area contributed by atoms with Gasteiger partial charge in [0.15, 0.2) is 0 Å². The van der Waals surface area contributed by atoms with Gasteiger partial charge >= 0.3 is 12.1 Å². The normalized spacial score (nSPS) is 24.7. The summed E-state index contributed by atoms with van der Waals surface area (Å²) in [7, 11) is 0. The van der Waals surface area contributed by atoms with Gasteiger partial charge in [0, 0.05) is 38.3 Å². The molecule has 1 N–H and O–H groups in total. The van der Waals surface area contributed by atoms with Crippen molar-refractivity contribution in [2.45, 2.75) is 31.9 Å². The molecule has 1 aromatic rings. The van der Waals surface area contributed by atoms with Crippen LogP contribution in [0.3, 0.4) is 0 Å². The van der Waals surface area contributed by atoms with Crippen molar-refractivity contribution in [3.8, 4) is 0 Å². The van der Waals surface area contributed by atoms with E-state index in [9.17, 15) is 18.0 Å². The van der Waals surface area contributed by atoms with E-state index in [0.29, 0.717) is 23.7 Å². The number of aromatic nitrogens is 1. The first-order valence-electron chi connectivity index (χ1n) is 9.49. The van der Waals surface area contributed by atoms with Gasteiger partial charge in [-0.05, 0) is 43.2 Å².